The van der Waals surface area contributed by atoms with Crippen LogP contribution in [0, 0.1) is 20.8 Å². The fraction of sp³-hybridized carbons (Fsp3) is 0.227. The fourth-order valence-electron chi connectivity index (χ4n) is 3.07. The molecule has 0 saturated carbocycles. The summed E-state index contributed by atoms with van der Waals surface area (Å²) in [7, 11) is 4.11. The molecule has 3 rings (SSSR count). The number of hydrogen-bond acceptors (Lipinski definition) is 2. The SMILES string of the molecule is Cc1cccc(N=Cc2cc(C)n(-c3ccc(N(C)C)cc3)c2C)c1. The summed E-state index contributed by atoms with van der Waals surface area (Å²) in [6.07, 6.45) is 1.96. The van der Waals surface area contributed by atoms with Gasteiger partial charge in [0.25, 0.3) is 0 Å². The number of nitrogens with zero attached hydrogens (tertiary/aromatic N) is 3. The van der Waals surface area contributed by atoms with E-state index in [-0.39, 0.29) is 0 Å². The number of benzene rings is 2. The molecule has 0 bridgehead atoms. The van der Waals surface area contributed by atoms with Gasteiger partial charge in [0, 0.05) is 48.6 Å². The highest BCUT2D eigenvalue weighted by molar-refractivity contribution is 5.84. The van der Waals surface area contributed by atoms with Gasteiger partial charge in [0.15, 0.2) is 0 Å². The number of hydrogen-bond donors (Lipinski definition) is 0. The molecule has 0 saturated heterocycles. The van der Waals surface area contributed by atoms with Gasteiger partial charge in [0.1, 0.15) is 0 Å². The minimum absolute atomic E-state index is 0.986. The molecule has 128 valence electrons. The molecule has 0 aliphatic heterocycles. The average molecular weight is 331 g/mol. The summed E-state index contributed by atoms with van der Waals surface area (Å²) in [5, 5.41) is 0. The average Bonchev–Trinajstić information content (AvgIpc) is 2.87. The van der Waals surface area contributed by atoms with Crippen molar-refractivity contribution in [1.29, 1.82) is 0 Å². The van der Waals surface area contributed by atoms with E-state index in [0.29, 0.717) is 0 Å². The first-order chi connectivity index (χ1) is 12.0. The van der Waals surface area contributed by atoms with E-state index in [0.717, 1.165) is 11.3 Å². The fourth-order valence-corrected chi connectivity index (χ4v) is 3.07. The van der Waals surface area contributed by atoms with Gasteiger partial charge in [0.2, 0.25) is 0 Å². The molecule has 0 aliphatic carbocycles. The van der Waals surface area contributed by atoms with Crippen molar-refractivity contribution >= 4 is 17.6 Å². The van der Waals surface area contributed by atoms with E-state index < -0.39 is 0 Å². The van der Waals surface area contributed by atoms with Gasteiger partial charge in [-0.1, -0.05) is 12.1 Å². The zero-order valence-corrected chi connectivity index (χ0v) is 15.6. The van der Waals surface area contributed by atoms with Gasteiger partial charge in [-0.25, -0.2) is 0 Å². The van der Waals surface area contributed by atoms with Crippen LogP contribution in [-0.4, -0.2) is 24.9 Å². The Labute approximate surface area is 150 Å². The van der Waals surface area contributed by atoms with Crippen molar-refractivity contribution in [2.75, 3.05) is 19.0 Å². The van der Waals surface area contributed by atoms with Gasteiger partial charge in [-0.3, -0.25) is 4.99 Å². The lowest BCUT2D eigenvalue weighted by atomic mass is 10.2. The van der Waals surface area contributed by atoms with Crippen LogP contribution in [0.15, 0.2) is 59.6 Å². The maximum Gasteiger partial charge on any atom is 0.0632 e. The van der Waals surface area contributed by atoms with Crippen LogP contribution in [0.4, 0.5) is 11.4 Å². The third-order valence-electron chi connectivity index (χ3n) is 4.45. The van der Waals surface area contributed by atoms with E-state index >= 15 is 0 Å². The standard InChI is InChI=1S/C22H25N3/c1-16-7-6-8-20(13-16)23-15-19-14-17(2)25(18(19)3)22-11-9-21(10-12-22)24(4)5/h6-15H,1-5H3. The van der Waals surface area contributed by atoms with Crippen LogP contribution in [0.2, 0.25) is 0 Å². The van der Waals surface area contributed by atoms with Crippen LogP contribution < -0.4 is 4.90 Å². The van der Waals surface area contributed by atoms with Crippen molar-refractivity contribution in [3.05, 3.63) is 77.1 Å². The molecular formula is C22H25N3. The number of aromatic nitrogens is 1. The van der Waals surface area contributed by atoms with Gasteiger partial charge in [-0.2, -0.15) is 0 Å². The molecule has 0 spiro atoms. The summed E-state index contributed by atoms with van der Waals surface area (Å²) < 4.78 is 2.27. The summed E-state index contributed by atoms with van der Waals surface area (Å²) in [4.78, 5) is 6.75. The van der Waals surface area contributed by atoms with Crippen LogP contribution in [0.25, 0.3) is 5.69 Å². The van der Waals surface area contributed by atoms with E-state index in [1.165, 1.54) is 28.3 Å². The molecule has 0 N–H and O–H groups in total. The molecule has 0 unspecified atom stereocenters. The number of anilines is 1. The third kappa shape index (κ3) is 3.66. The van der Waals surface area contributed by atoms with Gasteiger partial charge in [-0.15, -0.1) is 0 Å². The van der Waals surface area contributed by atoms with Crippen LogP contribution in [0.5, 0.6) is 0 Å². The summed E-state index contributed by atoms with van der Waals surface area (Å²) in [5.41, 5.74) is 8.15. The molecule has 0 fully saturated rings. The lowest BCUT2D eigenvalue weighted by molar-refractivity contribution is 0.963. The molecule has 0 amide bonds. The van der Waals surface area contributed by atoms with Crippen LogP contribution in [0.3, 0.4) is 0 Å². The molecule has 3 aromatic rings. The topological polar surface area (TPSA) is 20.5 Å². The highest BCUT2D eigenvalue weighted by Gasteiger charge is 2.09. The minimum atomic E-state index is 0.986. The van der Waals surface area contributed by atoms with Gasteiger partial charge in [-0.05, 0) is 68.8 Å². The maximum absolute atomic E-state index is 4.64. The van der Waals surface area contributed by atoms with E-state index in [4.69, 9.17) is 0 Å². The van der Waals surface area contributed by atoms with Crippen molar-refractivity contribution in [1.82, 2.24) is 4.57 Å². The molecule has 3 heteroatoms. The summed E-state index contributed by atoms with van der Waals surface area (Å²) in [6, 6.07) is 19.1. The van der Waals surface area contributed by atoms with Gasteiger partial charge >= 0.3 is 0 Å². The molecule has 3 nitrogen and oxygen atoms in total. The predicted molar refractivity (Wildman–Crippen MR) is 108 cm³/mol. The van der Waals surface area contributed by atoms with Crippen molar-refractivity contribution in [2.45, 2.75) is 20.8 Å². The van der Waals surface area contributed by atoms with Crippen molar-refractivity contribution in [3.8, 4) is 5.69 Å². The third-order valence-corrected chi connectivity index (χ3v) is 4.45. The van der Waals surface area contributed by atoms with Crippen LogP contribution in [-0.2, 0) is 0 Å². The Kier molecular flexibility index (Phi) is 4.75. The molecule has 25 heavy (non-hydrogen) atoms. The largest absolute Gasteiger partial charge is 0.378 e. The quantitative estimate of drug-likeness (QED) is 0.600. The van der Waals surface area contributed by atoms with Gasteiger partial charge in [0.05, 0.1) is 5.69 Å². The highest BCUT2D eigenvalue weighted by Crippen LogP contribution is 2.23. The highest BCUT2D eigenvalue weighted by atomic mass is 15.1. The normalized spacial score (nSPS) is 11.2. The molecule has 0 radical (unpaired) electrons. The predicted octanol–water partition coefficient (Wildman–Crippen LogP) is 5.22. The lowest BCUT2D eigenvalue weighted by Crippen LogP contribution is -2.08. The second-order valence-electron chi connectivity index (χ2n) is 6.67. The Bertz CT molecular complexity index is 900. The summed E-state index contributed by atoms with van der Waals surface area (Å²) in [5.74, 6) is 0. The first kappa shape index (κ1) is 17.0. The summed E-state index contributed by atoms with van der Waals surface area (Å²) >= 11 is 0. The number of aliphatic imine (C=N–C) groups is 1. The van der Waals surface area contributed by atoms with E-state index in [9.17, 15) is 0 Å². The Morgan fingerprint density at radius 3 is 2.28 bits per heavy atom. The Morgan fingerprint density at radius 2 is 1.64 bits per heavy atom. The van der Waals surface area contributed by atoms with Gasteiger partial charge < -0.3 is 9.47 Å². The van der Waals surface area contributed by atoms with Crippen molar-refractivity contribution < 1.29 is 0 Å². The first-order valence-corrected chi connectivity index (χ1v) is 8.53. The molecular weight excluding hydrogens is 306 g/mol. The molecule has 1 heterocycles. The number of aryl methyl sites for hydroxylation is 2. The molecule has 0 aliphatic rings. The first-order valence-electron chi connectivity index (χ1n) is 8.53. The van der Waals surface area contributed by atoms with E-state index in [2.05, 4.69) is 91.8 Å². The van der Waals surface area contributed by atoms with E-state index in [1.54, 1.807) is 0 Å². The minimum Gasteiger partial charge on any atom is -0.378 e. The molecule has 2 aromatic carbocycles. The Balaban J connectivity index is 1.93. The Morgan fingerprint density at radius 1 is 0.920 bits per heavy atom. The zero-order chi connectivity index (χ0) is 18.0. The molecule has 1 aromatic heterocycles. The molecule has 0 atom stereocenters. The van der Waals surface area contributed by atoms with Crippen LogP contribution >= 0.6 is 0 Å². The monoisotopic (exact) mass is 331 g/mol. The zero-order valence-electron chi connectivity index (χ0n) is 15.6. The second-order valence-corrected chi connectivity index (χ2v) is 6.67. The maximum atomic E-state index is 4.64. The van der Waals surface area contributed by atoms with Crippen molar-refractivity contribution in [2.24, 2.45) is 4.99 Å². The Hall–Kier alpha value is -2.81. The van der Waals surface area contributed by atoms with Crippen molar-refractivity contribution in [3.63, 3.8) is 0 Å². The smallest absolute Gasteiger partial charge is 0.0632 e. The van der Waals surface area contributed by atoms with Crippen LogP contribution in [0.1, 0.15) is 22.5 Å². The summed E-state index contributed by atoms with van der Waals surface area (Å²) in [6.45, 7) is 6.36. The second kappa shape index (κ2) is 6.98. The van der Waals surface area contributed by atoms with E-state index in [1.807, 2.05) is 18.3 Å². The lowest BCUT2D eigenvalue weighted by Gasteiger charge is -2.14. The number of rotatable bonds is 4.